The van der Waals surface area contributed by atoms with E-state index in [0.29, 0.717) is 23.8 Å². The van der Waals surface area contributed by atoms with Gasteiger partial charge in [-0.1, -0.05) is 57.2 Å². The third-order valence-corrected chi connectivity index (χ3v) is 10.8. The van der Waals surface area contributed by atoms with Crippen molar-refractivity contribution >= 4 is 40.9 Å². The Labute approximate surface area is 299 Å². The number of carbonyl (C=O) groups is 1. The van der Waals surface area contributed by atoms with Crippen molar-refractivity contribution in [2.75, 3.05) is 5.88 Å². The van der Waals surface area contributed by atoms with E-state index in [2.05, 4.69) is 28.7 Å². The summed E-state index contributed by atoms with van der Waals surface area (Å²) in [6.45, 7) is 13.0. The largest absolute Gasteiger partial charge is 0.448 e. The first-order valence-electron chi connectivity index (χ1n) is 16.7. The molecule has 2 heterocycles. The molecule has 6 rings (SSSR count). The lowest BCUT2D eigenvalue weighted by Crippen LogP contribution is -2.25. The van der Waals surface area contributed by atoms with E-state index in [4.69, 9.17) is 21.1 Å². The summed E-state index contributed by atoms with van der Waals surface area (Å²) < 4.78 is 33.2. The Balaban J connectivity index is 0.000000318. The highest BCUT2D eigenvalue weighted by Gasteiger charge is 2.23. The monoisotopic (exact) mass is 724 g/mol. The Hall–Kier alpha value is -2.71. The maximum Gasteiger partial charge on any atom is 0.316 e. The molecular weight excluding hydrogens is 671 g/mol. The lowest BCUT2D eigenvalue weighted by atomic mass is 9.82. The summed E-state index contributed by atoms with van der Waals surface area (Å²) in [5, 5.41) is 0. The van der Waals surface area contributed by atoms with E-state index in [9.17, 15) is 13.2 Å². The number of hydrogen-bond acceptors (Lipinski definition) is 8. The van der Waals surface area contributed by atoms with Gasteiger partial charge in [0, 0.05) is 23.8 Å². The van der Waals surface area contributed by atoms with Crippen LogP contribution in [0.3, 0.4) is 0 Å². The summed E-state index contributed by atoms with van der Waals surface area (Å²) in [5.41, 5.74) is 6.81. The number of carbonyl (C=O) groups excluding carboxylic acids is 1. The van der Waals surface area contributed by atoms with E-state index >= 15 is 0 Å². The lowest BCUT2D eigenvalue weighted by Gasteiger charge is -2.23. The van der Waals surface area contributed by atoms with Gasteiger partial charge in [-0.25, -0.2) is 25.0 Å². The first-order chi connectivity index (χ1) is 22.1. The highest BCUT2D eigenvalue weighted by Crippen LogP contribution is 2.35. The molecule has 0 saturated heterocycles. The molecule has 0 radical (unpaired) electrons. The minimum absolute atomic E-state index is 0. The zero-order chi connectivity index (χ0) is 33.4. The fourth-order valence-electron chi connectivity index (χ4n) is 6.13. The second kappa shape index (κ2) is 22.8. The standard InChI is InChI=1S/C10H15NO.C9H14N2O.C9H9NO2S.C8H14O.2ClH/c1-8-2-4-9(5-3-8)10-6-11-7-12-10;10-8-3-1-7(2-4-8)9-5-11-6-12-9;1-8-3-5-9(6-4-8)13(11,12)7-10-2;1-7-2-4-8(6-9)5-3-7;;/h6-9H,2-5H2,1H3;5-8H,1-4,10H2;3-6H,7H2,1H3;6-8H,2-5H2,1H3;2*1H. The van der Waals surface area contributed by atoms with Crippen molar-refractivity contribution in [2.24, 2.45) is 23.5 Å². The van der Waals surface area contributed by atoms with Gasteiger partial charge in [0.2, 0.25) is 0 Å². The number of aromatic nitrogens is 2. The van der Waals surface area contributed by atoms with Crippen LogP contribution in [0.1, 0.15) is 120 Å². The average Bonchev–Trinajstić information content (AvgIpc) is 3.79. The van der Waals surface area contributed by atoms with Gasteiger partial charge >= 0.3 is 5.88 Å². The summed E-state index contributed by atoms with van der Waals surface area (Å²) in [6.07, 6.45) is 22.4. The van der Waals surface area contributed by atoms with Gasteiger partial charge in [0.05, 0.1) is 17.3 Å². The average molecular weight is 726 g/mol. The molecule has 9 nitrogen and oxygen atoms in total. The summed E-state index contributed by atoms with van der Waals surface area (Å²) in [7, 11) is -3.38. The zero-order valence-corrected chi connectivity index (χ0v) is 31.0. The molecule has 0 amide bonds. The van der Waals surface area contributed by atoms with Gasteiger partial charge in [-0.3, -0.25) is 4.85 Å². The van der Waals surface area contributed by atoms with Crippen molar-refractivity contribution in [3.8, 4) is 0 Å². The van der Waals surface area contributed by atoms with Crippen molar-refractivity contribution in [2.45, 2.75) is 121 Å². The quantitative estimate of drug-likeness (QED) is 0.203. The number of nitrogens with two attached hydrogens (primary N) is 1. The minimum Gasteiger partial charge on any atom is -0.448 e. The Kier molecular flexibility index (Phi) is 20.6. The SMILES string of the molecule is CC1CCC(C=O)CC1.CC1CCC(c2cnco2)CC1.Cl.Cl.NC1CCC(c2cnco2)CC1.[C-]#[N+]CS(=O)(=O)c1ccc(C)cc1. The van der Waals surface area contributed by atoms with Crippen LogP contribution >= 0.6 is 24.8 Å². The molecule has 3 aromatic rings. The predicted molar refractivity (Wildman–Crippen MR) is 194 cm³/mol. The van der Waals surface area contributed by atoms with Gasteiger partial charge in [-0.15, -0.1) is 24.8 Å². The van der Waals surface area contributed by atoms with Crippen LogP contribution in [-0.2, 0) is 14.6 Å². The van der Waals surface area contributed by atoms with Crippen LogP contribution in [0.5, 0.6) is 0 Å². The molecule has 268 valence electrons. The van der Waals surface area contributed by atoms with Crippen LogP contribution in [0.15, 0.2) is 63.2 Å². The number of nitrogens with zero attached hydrogens (tertiary/aromatic N) is 3. The summed E-state index contributed by atoms with van der Waals surface area (Å²) >= 11 is 0. The molecule has 12 heteroatoms. The number of aryl methyl sites for hydroxylation is 1. The lowest BCUT2D eigenvalue weighted by molar-refractivity contribution is -0.112. The van der Waals surface area contributed by atoms with Crippen molar-refractivity contribution < 1.29 is 22.0 Å². The number of aldehydes is 1. The van der Waals surface area contributed by atoms with E-state index in [1.165, 1.54) is 63.4 Å². The van der Waals surface area contributed by atoms with Gasteiger partial charge in [0.25, 0.3) is 9.84 Å². The molecule has 3 saturated carbocycles. The summed E-state index contributed by atoms with van der Waals surface area (Å²) in [6, 6.07) is 6.89. The van der Waals surface area contributed by atoms with Gasteiger partial charge in [0.15, 0.2) is 12.8 Å². The van der Waals surface area contributed by atoms with Gasteiger partial charge in [0.1, 0.15) is 17.8 Å². The first kappa shape index (κ1) is 43.3. The van der Waals surface area contributed by atoms with E-state index < -0.39 is 15.7 Å². The summed E-state index contributed by atoms with van der Waals surface area (Å²) in [5.74, 6) is 5.00. The fraction of sp³-hybridized carbons (Fsp3) is 0.611. The van der Waals surface area contributed by atoms with Crippen LogP contribution in [-0.4, -0.2) is 36.6 Å². The second-order valence-corrected chi connectivity index (χ2v) is 15.2. The normalized spacial score (nSPS) is 24.9. The van der Waals surface area contributed by atoms with Gasteiger partial charge < -0.3 is 19.4 Å². The Morgan fingerprint density at radius 3 is 1.62 bits per heavy atom. The number of sulfone groups is 1. The molecular formula is C36H54Cl2N4O5S. The molecule has 3 aliphatic rings. The molecule has 0 atom stereocenters. The van der Waals surface area contributed by atoms with Crippen molar-refractivity contribution in [1.29, 1.82) is 0 Å². The Morgan fingerprint density at radius 2 is 1.23 bits per heavy atom. The third-order valence-electron chi connectivity index (χ3n) is 9.36. The van der Waals surface area contributed by atoms with Crippen molar-refractivity contribution in [3.05, 3.63) is 77.9 Å². The number of rotatable bonds is 5. The van der Waals surface area contributed by atoms with E-state index in [0.717, 1.165) is 73.7 Å². The molecule has 0 bridgehead atoms. The molecule has 0 spiro atoms. The Bertz CT molecular complexity index is 1340. The number of benzene rings is 1. The number of oxazole rings is 2. The van der Waals surface area contributed by atoms with Crippen LogP contribution in [0, 0.1) is 31.2 Å². The maximum absolute atomic E-state index is 11.3. The molecule has 3 fully saturated rings. The topological polar surface area (TPSA) is 134 Å². The van der Waals surface area contributed by atoms with Gasteiger partial charge in [-0.05, 0) is 82.3 Å². The van der Waals surface area contributed by atoms with Crippen LogP contribution in [0.4, 0.5) is 0 Å². The Morgan fingerprint density at radius 1 is 0.792 bits per heavy atom. The maximum atomic E-state index is 11.3. The highest BCUT2D eigenvalue weighted by atomic mass is 35.5. The molecule has 48 heavy (non-hydrogen) atoms. The molecule has 2 aromatic heterocycles. The van der Waals surface area contributed by atoms with Crippen LogP contribution in [0.2, 0.25) is 0 Å². The summed E-state index contributed by atoms with van der Waals surface area (Å²) in [4.78, 5) is 21.2. The zero-order valence-electron chi connectivity index (χ0n) is 28.5. The predicted octanol–water partition coefficient (Wildman–Crippen LogP) is 9.13. The van der Waals surface area contributed by atoms with Gasteiger partial charge in [-0.2, -0.15) is 0 Å². The van der Waals surface area contributed by atoms with E-state index in [1.54, 1.807) is 12.1 Å². The smallest absolute Gasteiger partial charge is 0.316 e. The second-order valence-electron chi connectivity index (χ2n) is 13.2. The fourth-order valence-corrected chi connectivity index (χ4v) is 7.00. The highest BCUT2D eigenvalue weighted by molar-refractivity contribution is 7.91. The molecule has 1 aromatic carbocycles. The molecule has 0 unspecified atom stereocenters. The van der Waals surface area contributed by atoms with Crippen molar-refractivity contribution in [1.82, 2.24) is 9.97 Å². The van der Waals surface area contributed by atoms with Crippen molar-refractivity contribution in [3.63, 3.8) is 0 Å². The minimum atomic E-state index is -3.38. The molecule has 0 aliphatic heterocycles. The number of hydrogen-bond donors (Lipinski definition) is 1. The first-order valence-corrected chi connectivity index (χ1v) is 18.4. The van der Waals surface area contributed by atoms with Crippen LogP contribution in [0.25, 0.3) is 4.85 Å². The molecule has 3 aliphatic carbocycles. The van der Waals surface area contributed by atoms with E-state index in [-0.39, 0.29) is 29.7 Å². The molecule has 2 N–H and O–H groups in total. The van der Waals surface area contributed by atoms with E-state index in [1.807, 2.05) is 19.3 Å². The van der Waals surface area contributed by atoms with Crippen LogP contribution < -0.4 is 5.73 Å². The third kappa shape index (κ3) is 15.2. The number of halogens is 2.